The number of nitrogens with zero attached hydrogens (tertiary/aromatic N) is 2. The van der Waals surface area contributed by atoms with Crippen LogP contribution in [0.25, 0.3) is 5.57 Å². The molecule has 6 heteroatoms. The van der Waals surface area contributed by atoms with Crippen molar-refractivity contribution in [3.8, 4) is 0 Å². The molecule has 0 atom stereocenters. The Bertz CT molecular complexity index is 981. The van der Waals surface area contributed by atoms with Gasteiger partial charge in [-0.25, -0.2) is 0 Å². The highest BCUT2D eigenvalue weighted by Gasteiger charge is 2.41. The number of aryl methyl sites for hydroxylation is 1. The molecule has 2 amide bonds. The van der Waals surface area contributed by atoms with E-state index in [0.29, 0.717) is 14.8 Å². The predicted octanol–water partition coefficient (Wildman–Crippen LogP) is 3.75. The monoisotopic (exact) mass is 366 g/mol. The average Bonchev–Trinajstić information content (AvgIpc) is 3.03. The van der Waals surface area contributed by atoms with Gasteiger partial charge in [-0.2, -0.15) is 0 Å². The van der Waals surface area contributed by atoms with Gasteiger partial charge >= 0.3 is 0 Å². The van der Waals surface area contributed by atoms with Gasteiger partial charge in [-0.3, -0.25) is 14.5 Å². The highest BCUT2D eigenvalue weighted by molar-refractivity contribution is 8.27. The van der Waals surface area contributed by atoms with E-state index in [2.05, 4.69) is 0 Å². The molecule has 0 aliphatic carbocycles. The van der Waals surface area contributed by atoms with E-state index in [1.165, 1.54) is 16.7 Å². The van der Waals surface area contributed by atoms with Crippen LogP contribution in [0.15, 0.2) is 53.4 Å². The maximum Gasteiger partial charge on any atom is 0.271 e. The zero-order valence-electron chi connectivity index (χ0n) is 13.6. The molecule has 0 N–H and O–H groups in total. The van der Waals surface area contributed by atoms with Crippen molar-refractivity contribution in [3.05, 3.63) is 64.6 Å². The topological polar surface area (TPSA) is 40.6 Å². The smallest absolute Gasteiger partial charge is 0.271 e. The number of benzene rings is 2. The number of carbonyl (C=O) groups is 2. The van der Waals surface area contributed by atoms with Crippen molar-refractivity contribution in [2.45, 2.75) is 6.92 Å². The Kier molecular flexibility index (Phi) is 3.74. The first-order valence-corrected chi connectivity index (χ1v) is 8.97. The van der Waals surface area contributed by atoms with Gasteiger partial charge in [-0.05, 0) is 24.6 Å². The van der Waals surface area contributed by atoms with Gasteiger partial charge in [0, 0.05) is 12.6 Å². The number of amides is 2. The summed E-state index contributed by atoms with van der Waals surface area (Å²) >= 11 is 6.64. The Morgan fingerprint density at radius 1 is 0.920 bits per heavy atom. The number of carbonyl (C=O) groups excluding carboxylic acids is 2. The summed E-state index contributed by atoms with van der Waals surface area (Å²) in [6.45, 7) is 1.94. The second-order valence-electron chi connectivity index (χ2n) is 5.88. The van der Waals surface area contributed by atoms with Crippen LogP contribution in [0.4, 0.5) is 11.4 Å². The van der Waals surface area contributed by atoms with E-state index >= 15 is 0 Å². The van der Waals surface area contributed by atoms with Crippen LogP contribution in [0.2, 0.25) is 0 Å². The van der Waals surface area contributed by atoms with Crippen molar-refractivity contribution in [1.29, 1.82) is 0 Å². The van der Waals surface area contributed by atoms with Crippen molar-refractivity contribution in [2.75, 3.05) is 16.8 Å². The quantitative estimate of drug-likeness (QED) is 0.569. The summed E-state index contributed by atoms with van der Waals surface area (Å²) in [5.74, 6) is -0.413. The first kappa shape index (κ1) is 16.1. The zero-order valence-corrected chi connectivity index (χ0v) is 15.3. The number of anilines is 2. The molecule has 0 unspecified atom stereocenters. The highest BCUT2D eigenvalue weighted by Crippen LogP contribution is 2.45. The van der Waals surface area contributed by atoms with E-state index in [0.717, 1.165) is 22.5 Å². The second-order valence-corrected chi connectivity index (χ2v) is 7.52. The summed E-state index contributed by atoms with van der Waals surface area (Å²) in [5.41, 5.74) is 3.74. The lowest BCUT2D eigenvalue weighted by Crippen LogP contribution is -2.29. The van der Waals surface area contributed by atoms with E-state index in [1.54, 1.807) is 11.9 Å². The molecule has 124 valence electrons. The Hall–Kier alpha value is -2.44. The molecular formula is C19H14N2O2S2. The Balaban J connectivity index is 1.87. The van der Waals surface area contributed by atoms with E-state index in [4.69, 9.17) is 12.2 Å². The third-order valence-electron chi connectivity index (χ3n) is 4.41. The van der Waals surface area contributed by atoms with Gasteiger partial charge in [0.2, 0.25) is 0 Å². The van der Waals surface area contributed by atoms with Crippen molar-refractivity contribution >= 4 is 57.1 Å². The number of fused-ring (bicyclic) bond motifs is 1. The minimum Gasteiger partial charge on any atom is -0.311 e. The van der Waals surface area contributed by atoms with Crippen LogP contribution in [-0.2, 0) is 9.59 Å². The SMILES string of the molecule is Cc1ccccc1N1C(=O)/C(=C2/C(=O)N(C)c3ccccc32)SC1=S. The molecule has 25 heavy (non-hydrogen) atoms. The van der Waals surface area contributed by atoms with Crippen molar-refractivity contribution in [3.63, 3.8) is 0 Å². The summed E-state index contributed by atoms with van der Waals surface area (Å²) in [4.78, 5) is 29.4. The number of hydrogen-bond donors (Lipinski definition) is 0. The largest absolute Gasteiger partial charge is 0.311 e. The van der Waals surface area contributed by atoms with Crippen LogP contribution in [0.3, 0.4) is 0 Å². The molecule has 0 bridgehead atoms. The van der Waals surface area contributed by atoms with Gasteiger partial charge in [0.25, 0.3) is 11.8 Å². The lowest BCUT2D eigenvalue weighted by molar-refractivity contribution is -0.115. The van der Waals surface area contributed by atoms with Gasteiger partial charge in [-0.15, -0.1) is 0 Å². The van der Waals surface area contributed by atoms with E-state index in [9.17, 15) is 9.59 Å². The standard InChI is InChI=1S/C19H14N2O2S2/c1-11-7-3-5-9-13(11)21-18(23)16(25-19(21)24)15-12-8-4-6-10-14(12)20(2)17(15)22/h3-10H,1-2H3/b16-15-. The van der Waals surface area contributed by atoms with Crippen molar-refractivity contribution in [2.24, 2.45) is 0 Å². The predicted molar refractivity (Wildman–Crippen MR) is 106 cm³/mol. The normalized spacial score (nSPS) is 19.8. The summed E-state index contributed by atoms with van der Waals surface area (Å²) < 4.78 is 0.446. The van der Waals surface area contributed by atoms with Crippen molar-refractivity contribution in [1.82, 2.24) is 0 Å². The third kappa shape index (κ3) is 2.33. The van der Waals surface area contributed by atoms with Gasteiger partial charge in [-0.1, -0.05) is 60.4 Å². The number of para-hydroxylation sites is 2. The molecule has 0 saturated carbocycles. The lowest BCUT2D eigenvalue weighted by Gasteiger charge is -2.16. The van der Waals surface area contributed by atoms with Gasteiger partial charge < -0.3 is 4.90 Å². The molecule has 4 rings (SSSR count). The molecule has 2 heterocycles. The molecule has 2 aliphatic rings. The van der Waals surface area contributed by atoms with Crippen LogP contribution in [-0.4, -0.2) is 23.2 Å². The molecule has 0 radical (unpaired) electrons. The number of thiocarbonyl (C=S) groups is 1. The fourth-order valence-corrected chi connectivity index (χ4v) is 4.49. The molecule has 0 aromatic heterocycles. The van der Waals surface area contributed by atoms with Crippen LogP contribution < -0.4 is 9.80 Å². The van der Waals surface area contributed by atoms with E-state index in [-0.39, 0.29) is 11.8 Å². The summed E-state index contributed by atoms with van der Waals surface area (Å²) in [6, 6.07) is 15.1. The molecule has 1 saturated heterocycles. The molecule has 2 aliphatic heterocycles. The first-order valence-electron chi connectivity index (χ1n) is 7.74. The number of hydrogen-bond acceptors (Lipinski definition) is 4. The van der Waals surface area contributed by atoms with E-state index in [1.807, 2.05) is 55.5 Å². The molecule has 2 aromatic rings. The first-order chi connectivity index (χ1) is 12.0. The van der Waals surface area contributed by atoms with Crippen LogP contribution >= 0.6 is 24.0 Å². The molecule has 2 aromatic carbocycles. The lowest BCUT2D eigenvalue weighted by atomic mass is 10.1. The number of likely N-dealkylation sites (N-methyl/N-ethyl adjacent to an activating group) is 1. The Labute approximate surface area is 155 Å². The third-order valence-corrected chi connectivity index (χ3v) is 5.78. The van der Waals surface area contributed by atoms with Gasteiger partial charge in [0.05, 0.1) is 21.9 Å². The van der Waals surface area contributed by atoms with Crippen LogP contribution in [0.1, 0.15) is 11.1 Å². The summed E-state index contributed by atoms with van der Waals surface area (Å²) in [6.07, 6.45) is 0. The fraction of sp³-hybridized carbons (Fsp3) is 0.105. The van der Waals surface area contributed by atoms with Crippen LogP contribution in [0, 0.1) is 6.92 Å². The van der Waals surface area contributed by atoms with E-state index < -0.39 is 0 Å². The average molecular weight is 366 g/mol. The minimum absolute atomic E-state index is 0.175. The maximum absolute atomic E-state index is 13.1. The highest BCUT2D eigenvalue weighted by atomic mass is 32.2. The van der Waals surface area contributed by atoms with Gasteiger partial charge in [0.15, 0.2) is 4.32 Å². The maximum atomic E-state index is 13.1. The zero-order chi connectivity index (χ0) is 17.7. The van der Waals surface area contributed by atoms with Gasteiger partial charge in [0.1, 0.15) is 0 Å². The summed E-state index contributed by atoms with van der Waals surface area (Å²) in [5, 5.41) is 0. The minimum atomic E-state index is -0.238. The molecule has 4 nitrogen and oxygen atoms in total. The second kappa shape index (κ2) is 5.82. The molecule has 1 fully saturated rings. The number of thioether (sulfide) groups is 1. The molecule has 0 spiro atoms. The van der Waals surface area contributed by atoms with Crippen LogP contribution in [0.5, 0.6) is 0 Å². The van der Waals surface area contributed by atoms with Crippen molar-refractivity contribution < 1.29 is 9.59 Å². The Morgan fingerprint density at radius 3 is 2.28 bits per heavy atom. The fourth-order valence-electron chi connectivity index (χ4n) is 3.13. The summed E-state index contributed by atoms with van der Waals surface area (Å²) in [7, 11) is 1.72. The molecular weight excluding hydrogens is 352 g/mol. The Morgan fingerprint density at radius 2 is 1.56 bits per heavy atom. The number of rotatable bonds is 1.